The van der Waals surface area contributed by atoms with E-state index in [-0.39, 0.29) is 5.56 Å². The van der Waals surface area contributed by atoms with Gasteiger partial charge in [0, 0.05) is 6.20 Å². The van der Waals surface area contributed by atoms with Crippen molar-refractivity contribution in [3.8, 4) is 5.75 Å². The number of ether oxygens (including phenoxy) is 1. The normalized spacial score (nSPS) is 11.1. The first-order valence-corrected chi connectivity index (χ1v) is 5.45. The molecule has 0 saturated heterocycles. The SMILES string of the molecule is COc1ccc(C(=O)O)c2nn(CN(C)C)cc12. The van der Waals surface area contributed by atoms with E-state index < -0.39 is 5.97 Å². The van der Waals surface area contributed by atoms with Crippen molar-refractivity contribution in [2.24, 2.45) is 0 Å². The second-order valence-corrected chi connectivity index (χ2v) is 4.27. The standard InChI is InChI=1S/C12H15N3O3/c1-14(2)7-15-6-9-10(18-3)5-4-8(12(16)17)11(9)13-15/h4-6H,7H2,1-3H3,(H,16,17). The molecule has 0 bridgehead atoms. The first-order valence-electron chi connectivity index (χ1n) is 5.45. The minimum Gasteiger partial charge on any atom is -0.496 e. The third-order valence-electron chi connectivity index (χ3n) is 2.56. The van der Waals surface area contributed by atoms with E-state index in [0.29, 0.717) is 23.3 Å². The number of hydrogen-bond acceptors (Lipinski definition) is 4. The fourth-order valence-electron chi connectivity index (χ4n) is 1.84. The molecule has 6 heteroatoms. The van der Waals surface area contributed by atoms with Crippen molar-refractivity contribution in [1.29, 1.82) is 0 Å². The summed E-state index contributed by atoms with van der Waals surface area (Å²) in [7, 11) is 5.39. The predicted octanol–water partition coefficient (Wildman–Crippen LogP) is 1.26. The van der Waals surface area contributed by atoms with Crippen molar-refractivity contribution >= 4 is 16.9 Å². The van der Waals surface area contributed by atoms with Gasteiger partial charge >= 0.3 is 5.97 Å². The van der Waals surface area contributed by atoms with E-state index in [1.807, 2.05) is 19.0 Å². The van der Waals surface area contributed by atoms with Crippen molar-refractivity contribution in [3.63, 3.8) is 0 Å². The van der Waals surface area contributed by atoms with Crippen molar-refractivity contribution < 1.29 is 14.6 Å². The van der Waals surface area contributed by atoms with Crippen LogP contribution in [0.3, 0.4) is 0 Å². The molecule has 0 aliphatic carbocycles. The molecule has 0 saturated carbocycles. The second kappa shape index (κ2) is 4.66. The number of methoxy groups -OCH3 is 1. The summed E-state index contributed by atoms with van der Waals surface area (Å²) in [6, 6.07) is 3.16. The van der Waals surface area contributed by atoms with Crippen LogP contribution in [-0.2, 0) is 6.67 Å². The lowest BCUT2D eigenvalue weighted by Crippen LogP contribution is -2.17. The van der Waals surface area contributed by atoms with Crippen molar-refractivity contribution in [2.45, 2.75) is 6.67 Å². The summed E-state index contributed by atoms with van der Waals surface area (Å²) in [5.41, 5.74) is 0.631. The Hall–Kier alpha value is -2.08. The highest BCUT2D eigenvalue weighted by Gasteiger charge is 2.15. The third kappa shape index (κ3) is 2.14. The minimum atomic E-state index is -0.988. The van der Waals surface area contributed by atoms with Gasteiger partial charge in [-0.15, -0.1) is 0 Å². The highest BCUT2D eigenvalue weighted by atomic mass is 16.5. The van der Waals surface area contributed by atoms with Gasteiger partial charge in [-0.05, 0) is 26.2 Å². The zero-order valence-corrected chi connectivity index (χ0v) is 10.5. The summed E-state index contributed by atoms with van der Waals surface area (Å²) in [5, 5.41) is 14.1. The molecule has 1 aromatic heterocycles. The molecule has 1 heterocycles. The quantitative estimate of drug-likeness (QED) is 0.883. The lowest BCUT2D eigenvalue weighted by molar-refractivity contribution is 0.0699. The van der Waals surface area contributed by atoms with Crippen LogP contribution in [0.25, 0.3) is 10.9 Å². The van der Waals surface area contributed by atoms with Gasteiger partial charge in [0.15, 0.2) is 0 Å². The third-order valence-corrected chi connectivity index (χ3v) is 2.56. The Labute approximate surface area is 104 Å². The van der Waals surface area contributed by atoms with Crippen LogP contribution >= 0.6 is 0 Å². The molecule has 18 heavy (non-hydrogen) atoms. The molecule has 1 N–H and O–H groups in total. The van der Waals surface area contributed by atoms with Crippen LogP contribution in [0.15, 0.2) is 18.3 Å². The van der Waals surface area contributed by atoms with E-state index >= 15 is 0 Å². The molecule has 0 aliphatic heterocycles. The number of rotatable bonds is 4. The van der Waals surface area contributed by atoms with Gasteiger partial charge in [-0.2, -0.15) is 5.10 Å². The molecular formula is C12H15N3O3. The zero-order chi connectivity index (χ0) is 13.3. The van der Waals surface area contributed by atoms with Gasteiger partial charge in [0.25, 0.3) is 0 Å². The molecule has 6 nitrogen and oxygen atoms in total. The lowest BCUT2D eigenvalue weighted by atomic mass is 10.1. The fraction of sp³-hybridized carbons (Fsp3) is 0.333. The van der Waals surface area contributed by atoms with Gasteiger partial charge in [0.1, 0.15) is 11.3 Å². The smallest absolute Gasteiger partial charge is 0.337 e. The summed E-state index contributed by atoms with van der Waals surface area (Å²) < 4.78 is 6.91. The number of fused-ring (bicyclic) bond motifs is 1. The largest absolute Gasteiger partial charge is 0.496 e. The second-order valence-electron chi connectivity index (χ2n) is 4.27. The molecule has 2 aromatic rings. The van der Waals surface area contributed by atoms with Crippen LogP contribution in [0.5, 0.6) is 5.75 Å². The molecular weight excluding hydrogens is 234 g/mol. The zero-order valence-electron chi connectivity index (χ0n) is 10.5. The monoisotopic (exact) mass is 249 g/mol. The number of aromatic carboxylic acids is 1. The summed E-state index contributed by atoms with van der Waals surface area (Å²) in [6.45, 7) is 0.580. The average Bonchev–Trinajstić information content (AvgIpc) is 2.69. The van der Waals surface area contributed by atoms with Gasteiger partial charge in [0.2, 0.25) is 0 Å². The van der Waals surface area contributed by atoms with Crippen LogP contribution in [0, 0.1) is 0 Å². The minimum absolute atomic E-state index is 0.184. The highest BCUT2D eigenvalue weighted by Crippen LogP contribution is 2.27. The predicted molar refractivity (Wildman–Crippen MR) is 66.9 cm³/mol. The number of carboxylic acid groups (broad SMARTS) is 1. The Kier molecular flexibility index (Phi) is 3.20. The van der Waals surface area contributed by atoms with Crippen LogP contribution in [0.4, 0.5) is 0 Å². The molecule has 0 aliphatic rings. The molecule has 0 atom stereocenters. The Morgan fingerprint density at radius 1 is 1.50 bits per heavy atom. The number of aromatic nitrogens is 2. The number of carboxylic acids is 1. The van der Waals surface area contributed by atoms with Crippen LogP contribution < -0.4 is 4.74 Å². The Bertz CT molecular complexity index is 590. The summed E-state index contributed by atoms with van der Waals surface area (Å²) in [5.74, 6) is -0.363. The van der Waals surface area contributed by atoms with Gasteiger partial charge in [-0.1, -0.05) is 0 Å². The van der Waals surface area contributed by atoms with Crippen molar-refractivity contribution in [3.05, 3.63) is 23.9 Å². The first-order chi connectivity index (χ1) is 8.52. The number of carbonyl (C=O) groups is 1. The molecule has 0 spiro atoms. The van der Waals surface area contributed by atoms with Gasteiger partial charge < -0.3 is 9.84 Å². The average molecular weight is 249 g/mol. The van der Waals surface area contributed by atoms with E-state index in [2.05, 4.69) is 5.10 Å². The molecule has 96 valence electrons. The van der Waals surface area contributed by atoms with E-state index in [9.17, 15) is 4.79 Å². The molecule has 0 radical (unpaired) electrons. The van der Waals surface area contributed by atoms with Crippen LogP contribution in [0.2, 0.25) is 0 Å². The van der Waals surface area contributed by atoms with E-state index in [4.69, 9.17) is 9.84 Å². The van der Waals surface area contributed by atoms with Crippen molar-refractivity contribution in [1.82, 2.24) is 14.7 Å². The van der Waals surface area contributed by atoms with Gasteiger partial charge in [-0.3, -0.25) is 9.58 Å². The maximum atomic E-state index is 11.1. The number of benzene rings is 1. The maximum Gasteiger partial charge on any atom is 0.337 e. The Balaban J connectivity index is 2.62. The molecule has 2 rings (SSSR count). The van der Waals surface area contributed by atoms with Crippen LogP contribution in [0.1, 0.15) is 10.4 Å². The Morgan fingerprint density at radius 2 is 2.22 bits per heavy atom. The van der Waals surface area contributed by atoms with E-state index in [1.165, 1.54) is 6.07 Å². The molecule has 0 amide bonds. The van der Waals surface area contributed by atoms with Gasteiger partial charge in [0.05, 0.1) is 24.7 Å². The summed E-state index contributed by atoms with van der Waals surface area (Å²) in [4.78, 5) is 13.1. The molecule has 0 fully saturated rings. The number of hydrogen-bond donors (Lipinski definition) is 1. The van der Waals surface area contributed by atoms with E-state index in [1.54, 1.807) is 24.1 Å². The highest BCUT2D eigenvalue weighted by molar-refractivity contribution is 6.03. The summed E-state index contributed by atoms with van der Waals surface area (Å²) >= 11 is 0. The summed E-state index contributed by atoms with van der Waals surface area (Å²) in [6.07, 6.45) is 1.79. The first kappa shape index (κ1) is 12.4. The fourth-order valence-corrected chi connectivity index (χ4v) is 1.84. The Morgan fingerprint density at radius 3 is 2.78 bits per heavy atom. The number of nitrogens with zero attached hydrogens (tertiary/aromatic N) is 3. The molecule has 0 unspecified atom stereocenters. The maximum absolute atomic E-state index is 11.1. The van der Waals surface area contributed by atoms with E-state index in [0.717, 1.165) is 0 Å². The lowest BCUT2D eigenvalue weighted by Gasteiger charge is -2.08. The topological polar surface area (TPSA) is 67.6 Å². The molecule has 1 aromatic carbocycles. The van der Waals surface area contributed by atoms with Gasteiger partial charge in [-0.25, -0.2) is 4.79 Å². The van der Waals surface area contributed by atoms with Crippen LogP contribution in [-0.4, -0.2) is 47.0 Å². The van der Waals surface area contributed by atoms with Crippen molar-refractivity contribution in [2.75, 3.05) is 21.2 Å².